The summed E-state index contributed by atoms with van der Waals surface area (Å²) >= 11 is 0. The predicted octanol–water partition coefficient (Wildman–Crippen LogP) is 3.68. The van der Waals surface area contributed by atoms with Crippen LogP contribution in [0.4, 0.5) is 0 Å². The molecule has 1 rings (SSSR count). The van der Waals surface area contributed by atoms with Gasteiger partial charge in [0.05, 0.1) is 0 Å². The Morgan fingerprint density at radius 1 is 1.11 bits per heavy atom. The topological polar surface area (TPSA) is 15.3 Å². The van der Waals surface area contributed by atoms with Gasteiger partial charge in [0.2, 0.25) is 0 Å². The van der Waals surface area contributed by atoms with Crippen molar-refractivity contribution in [3.8, 4) is 0 Å². The second-order valence-corrected chi connectivity index (χ2v) is 5.89. The first-order valence-corrected chi connectivity index (χ1v) is 7.37. The molecule has 1 aromatic carbocycles. The molecule has 0 radical (unpaired) electrons. The number of hydrogen-bond donors (Lipinski definition) is 1. The van der Waals surface area contributed by atoms with Gasteiger partial charge in [-0.1, -0.05) is 32.0 Å². The van der Waals surface area contributed by atoms with E-state index in [1.807, 2.05) is 0 Å². The highest BCUT2D eigenvalue weighted by molar-refractivity contribution is 5.33. The van der Waals surface area contributed by atoms with E-state index in [-0.39, 0.29) is 5.54 Å². The summed E-state index contributed by atoms with van der Waals surface area (Å²) in [6, 6.07) is 7.15. The van der Waals surface area contributed by atoms with Crippen LogP contribution in [0, 0.1) is 13.8 Å². The van der Waals surface area contributed by atoms with Crippen molar-refractivity contribution in [2.24, 2.45) is 0 Å². The third kappa shape index (κ3) is 3.37. The minimum atomic E-state index is 0.0972. The van der Waals surface area contributed by atoms with Crippen LogP contribution in [0.3, 0.4) is 0 Å². The number of likely N-dealkylation sites (N-methyl/N-ethyl adjacent to an activating group) is 2. The van der Waals surface area contributed by atoms with E-state index in [2.05, 4.69) is 77.0 Å². The summed E-state index contributed by atoms with van der Waals surface area (Å²) in [6.45, 7) is 15.6. The minimum Gasteiger partial charge on any atom is -0.311 e. The fraction of sp³-hybridized carbons (Fsp3) is 0.647. The van der Waals surface area contributed by atoms with E-state index >= 15 is 0 Å². The van der Waals surface area contributed by atoms with Gasteiger partial charge in [-0.3, -0.25) is 4.90 Å². The van der Waals surface area contributed by atoms with Gasteiger partial charge in [-0.25, -0.2) is 0 Å². The maximum absolute atomic E-state index is 3.51. The fourth-order valence-electron chi connectivity index (χ4n) is 3.09. The van der Waals surface area contributed by atoms with Gasteiger partial charge in [0.15, 0.2) is 0 Å². The number of hydrogen-bond acceptors (Lipinski definition) is 2. The van der Waals surface area contributed by atoms with Crippen LogP contribution < -0.4 is 5.32 Å². The Balaban J connectivity index is 3.14. The zero-order valence-corrected chi connectivity index (χ0v) is 13.7. The average molecular weight is 262 g/mol. The molecule has 108 valence electrons. The number of nitrogens with one attached hydrogen (secondary N) is 1. The van der Waals surface area contributed by atoms with Crippen molar-refractivity contribution < 1.29 is 0 Å². The van der Waals surface area contributed by atoms with E-state index in [0.29, 0.717) is 6.04 Å². The normalized spacial score (nSPS) is 13.9. The molecule has 0 aliphatic rings. The third-order valence-electron chi connectivity index (χ3n) is 4.44. The smallest absolute Gasteiger partial charge is 0.0499 e. The van der Waals surface area contributed by atoms with Gasteiger partial charge in [-0.2, -0.15) is 0 Å². The Kier molecular flexibility index (Phi) is 5.57. The van der Waals surface area contributed by atoms with Crippen LogP contribution in [0.2, 0.25) is 0 Å². The molecular weight excluding hydrogens is 232 g/mol. The summed E-state index contributed by atoms with van der Waals surface area (Å²) in [5, 5.41) is 3.51. The molecule has 0 aliphatic carbocycles. The summed E-state index contributed by atoms with van der Waals surface area (Å²) in [6.07, 6.45) is 0. The molecule has 1 unspecified atom stereocenters. The summed E-state index contributed by atoms with van der Waals surface area (Å²) in [5.41, 5.74) is 4.20. The van der Waals surface area contributed by atoms with Gasteiger partial charge in [-0.15, -0.1) is 0 Å². The molecule has 1 aromatic rings. The van der Waals surface area contributed by atoms with E-state index in [1.165, 1.54) is 16.7 Å². The second-order valence-electron chi connectivity index (χ2n) is 5.89. The van der Waals surface area contributed by atoms with E-state index < -0.39 is 0 Å². The molecule has 0 saturated heterocycles. The van der Waals surface area contributed by atoms with E-state index in [0.717, 1.165) is 13.1 Å². The number of aryl methyl sites for hydroxylation is 2. The van der Waals surface area contributed by atoms with Crippen molar-refractivity contribution in [2.75, 3.05) is 20.1 Å². The second kappa shape index (κ2) is 6.53. The Morgan fingerprint density at radius 2 is 1.68 bits per heavy atom. The molecule has 0 fully saturated rings. The molecule has 0 spiro atoms. The van der Waals surface area contributed by atoms with E-state index in [1.54, 1.807) is 0 Å². The lowest BCUT2D eigenvalue weighted by Gasteiger charge is -2.43. The van der Waals surface area contributed by atoms with Crippen molar-refractivity contribution in [3.05, 3.63) is 34.9 Å². The highest BCUT2D eigenvalue weighted by Gasteiger charge is 2.34. The first-order chi connectivity index (χ1) is 8.88. The standard InChI is InChI=1S/C17H30N2/c1-8-19(9-2)17(5,6)16(18-7)15-11-10-13(3)14(4)12-15/h10-12,16,18H,8-9H2,1-7H3. The fourth-order valence-corrected chi connectivity index (χ4v) is 3.09. The van der Waals surface area contributed by atoms with E-state index in [9.17, 15) is 0 Å². The van der Waals surface area contributed by atoms with Gasteiger partial charge in [-0.05, 0) is 64.5 Å². The highest BCUT2D eigenvalue weighted by Crippen LogP contribution is 2.31. The van der Waals surface area contributed by atoms with Gasteiger partial charge in [0.1, 0.15) is 0 Å². The zero-order chi connectivity index (χ0) is 14.6. The molecule has 0 aromatic heterocycles. The quantitative estimate of drug-likeness (QED) is 0.841. The van der Waals surface area contributed by atoms with Gasteiger partial charge in [0, 0.05) is 11.6 Å². The summed E-state index contributed by atoms with van der Waals surface area (Å²) in [4.78, 5) is 2.52. The Morgan fingerprint density at radius 3 is 2.11 bits per heavy atom. The lowest BCUT2D eigenvalue weighted by atomic mass is 9.85. The summed E-state index contributed by atoms with van der Waals surface area (Å²) in [5.74, 6) is 0. The monoisotopic (exact) mass is 262 g/mol. The van der Waals surface area contributed by atoms with Crippen molar-refractivity contribution in [1.29, 1.82) is 0 Å². The van der Waals surface area contributed by atoms with Crippen molar-refractivity contribution in [3.63, 3.8) is 0 Å². The SMILES string of the molecule is CCN(CC)C(C)(C)C(NC)c1ccc(C)c(C)c1. The van der Waals surface area contributed by atoms with Crippen LogP contribution in [0.25, 0.3) is 0 Å². The lowest BCUT2D eigenvalue weighted by Crippen LogP contribution is -2.51. The van der Waals surface area contributed by atoms with Gasteiger partial charge in [0.25, 0.3) is 0 Å². The zero-order valence-electron chi connectivity index (χ0n) is 13.7. The number of rotatable bonds is 6. The molecular formula is C17H30N2. The molecule has 2 nitrogen and oxygen atoms in total. The molecule has 0 amide bonds. The maximum Gasteiger partial charge on any atom is 0.0499 e. The van der Waals surface area contributed by atoms with Crippen LogP contribution in [-0.4, -0.2) is 30.6 Å². The van der Waals surface area contributed by atoms with Crippen molar-refractivity contribution in [1.82, 2.24) is 10.2 Å². The van der Waals surface area contributed by atoms with E-state index in [4.69, 9.17) is 0 Å². The van der Waals surface area contributed by atoms with Crippen molar-refractivity contribution in [2.45, 2.75) is 53.1 Å². The Labute approximate surface area is 119 Å². The first-order valence-electron chi connectivity index (χ1n) is 7.37. The van der Waals surface area contributed by atoms with Crippen LogP contribution in [0.15, 0.2) is 18.2 Å². The van der Waals surface area contributed by atoms with Crippen LogP contribution in [0.1, 0.15) is 50.4 Å². The molecule has 0 saturated carbocycles. The molecule has 19 heavy (non-hydrogen) atoms. The molecule has 0 heterocycles. The summed E-state index contributed by atoms with van der Waals surface area (Å²) in [7, 11) is 2.06. The third-order valence-corrected chi connectivity index (χ3v) is 4.44. The van der Waals surface area contributed by atoms with Crippen molar-refractivity contribution >= 4 is 0 Å². The predicted molar refractivity (Wildman–Crippen MR) is 84.7 cm³/mol. The Bertz CT molecular complexity index is 406. The first kappa shape index (κ1) is 16.2. The molecule has 1 N–H and O–H groups in total. The van der Waals surface area contributed by atoms with Crippen LogP contribution >= 0.6 is 0 Å². The number of nitrogens with zero attached hydrogens (tertiary/aromatic N) is 1. The van der Waals surface area contributed by atoms with Gasteiger partial charge < -0.3 is 5.32 Å². The molecule has 0 aliphatic heterocycles. The lowest BCUT2D eigenvalue weighted by molar-refractivity contribution is 0.0944. The van der Waals surface area contributed by atoms with Crippen LogP contribution in [-0.2, 0) is 0 Å². The average Bonchev–Trinajstić information content (AvgIpc) is 2.35. The molecule has 2 heteroatoms. The van der Waals surface area contributed by atoms with Gasteiger partial charge >= 0.3 is 0 Å². The molecule has 1 atom stereocenters. The molecule has 0 bridgehead atoms. The largest absolute Gasteiger partial charge is 0.311 e. The van der Waals surface area contributed by atoms with Crippen LogP contribution in [0.5, 0.6) is 0 Å². The Hall–Kier alpha value is -0.860. The minimum absolute atomic E-state index is 0.0972. The number of benzene rings is 1. The highest BCUT2D eigenvalue weighted by atomic mass is 15.2. The maximum atomic E-state index is 3.51. The summed E-state index contributed by atoms with van der Waals surface area (Å²) < 4.78 is 0.